The third-order valence-corrected chi connectivity index (χ3v) is 5.69. The SMILES string of the molecule is CCN1CCC(Oc2cc3c(Nc4cccc(Cl)c4F)ncnc3cc2OC)CC1. The molecule has 8 heteroatoms. The van der Waals surface area contributed by atoms with E-state index in [9.17, 15) is 4.39 Å². The predicted octanol–water partition coefficient (Wildman–Crippen LogP) is 5.04. The summed E-state index contributed by atoms with van der Waals surface area (Å²) in [7, 11) is 1.61. The number of methoxy groups -OCH3 is 1. The standard InChI is InChI=1S/C22H24ClFN4O2/c1-3-28-9-7-14(8-10-28)30-20-11-15-18(12-19(20)29-2)25-13-26-22(15)27-17-6-4-5-16(23)21(17)24/h4-6,11-14H,3,7-10H2,1-2H3,(H,25,26,27). The maximum Gasteiger partial charge on any atom is 0.165 e. The second kappa shape index (κ2) is 9.02. The lowest BCUT2D eigenvalue weighted by molar-refractivity contribution is 0.101. The van der Waals surface area contributed by atoms with Crippen molar-refractivity contribution in [3.63, 3.8) is 0 Å². The lowest BCUT2D eigenvalue weighted by atomic mass is 10.1. The van der Waals surface area contributed by atoms with Gasteiger partial charge in [0.1, 0.15) is 18.2 Å². The summed E-state index contributed by atoms with van der Waals surface area (Å²) < 4.78 is 26.2. The molecule has 1 saturated heterocycles. The smallest absolute Gasteiger partial charge is 0.165 e. The molecule has 0 aliphatic carbocycles. The zero-order valence-corrected chi connectivity index (χ0v) is 17.7. The Morgan fingerprint density at radius 2 is 2.00 bits per heavy atom. The van der Waals surface area contributed by atoms with Gasteiger partial charge >= 0.3 is 0 Å². The Labute approximate surface area is 180 Å². The highest BCUT2D eigenvalue weighted by molar-refractivity contribution is 6.31. The molecule has 1 aromatic heterocycles. The van der Waals surface area contributed by atoms with E-state index in [1.54, 1.807) is 19.2 Å². The first kappa shape index (κ1) is 20.6. The van der Waals surface area contributed by atoms with Crippen LogP contribution in [-0.4, -0.2) is 47.7 Å². The second-order valence-corrected chi connectivity index (χ2v) is 7.63. The molecule has 3 aromatic rings. The van der Waals surface area contributed by atoms with E-state index in [-0.39, 0.29) is 16.8 Å². The number of benzene rings is 2. The number of anilines is 2. The molecule has 30 heavy (non-hydrogen) atoms. The van der Waals surface area contributed by atoms with E-state index in [1.165, 1.54) is 12.4 Å². The Hall–Kier alpha value is -2.64. The van der Waals surface area contributed by atoms with Crippen molar-refractivity contribution in [1.82, 2.24) is 14.9 Å². The number of rotatable bonds is 6. The minimum Gasteiger partial charge on any atom is -0.493 e. The van der Waals surface area contributed by atoms with Crippen LogP contribution in [-0.2, 0) is 0 Å². The van der Waals surface area contributed by atoms with E-state index in [4.69, 9.17) is 21.1 Å². The summed E-state index contributed by atoms with van der Waals surface area (Å²) in [5.74, 6) is 1.18. The number of hydrogen-bond acceptors (Lipinski definition) is 6. The number of nitrogens with zero attached hydrogens (tertiary/aromatic N) is 3. The summed E-state index contributed by atoms with van der Waals surface area (Å²) in [6.45, 7) is 5.26. The van der Waals surface area contributed by atoms with Crippen LogP contribution in [0.25, 0.3) is 10.9 Å². The molecule has 0 spiro atoms. The quantitative estimate of drug-likeness (QED) is 0.591. The maximum absolute atomic E-state index is 14.4. The Morgan fingerprint density at radius 1 is 1.20 bits per heavy atom. The van der Waals surface area contributed by atoms with Gasteiger partial charge in [0.25, 0.3) is 0 Å². The van der Waals surface area contributed by atoms with Crippen molar-refractivity contribution in [2.24, 2.45) is 0 Å². The fraction of sp³-hybridized carbons (Fsp3) is 0.364. The molecule has 1 aliphatic heterocycles. The molecule has 4 rings (SSSR count). The number of fused-ring (bicyclic) bond motifs is 1. The van der Waals surface area contributed by atoms with Gasteiger partial charge in [0.05, 0.1) is 23.3 Å². The molecule has 0 saturated carbocycles. The third-order valence-electron chi connectivity index (χ3n) is 5.40. The molecule has 0 radical (unpaired) electrons. The van der Waals surface area contributed by atoms with E-state index in [1.807, 2.05) is 12.1 Å². The van der Waals surface area contributed by atoms with E-state index < -0.39 is 5.82 Å². The number of ether oxygens (including phenoxy) is 2. The van der Waals surface area contributed by atoms with Gasteiger partial charge in [-0.05, 0) is 37.6 Å². The van der Waals surface area contributed by atoms with Gasteiger partial charge in [-0.2, -0.15) is 0 Å². The Kier molecular flexibility index (Phi) is 6.20. The van der Waals surface area contributed by atoms with Crippen molar-refractivity contribution in [2.45, 2.75) is 25.9 Å². The van der Waals surface area contributed by atoms with Crippen LogP contribution in [0.1, 0.15) is 19.8 Å². The lowest BCUT2D eigenvalue weighted by Gasteiger charge is -2.31. The first-order chi connectivity index (χ1) is 14.6. The normalized spacial score (nSPS) is 15.3. The Morgan fingerprint density at radius 3 is 2.73 bits per heavy atom. The maximum atomic E-state index is 14.4. The van der Waals surface area contributed by atoms with Crippen molar-refractivity contribution in [2.75, 3.05) is 32.1 Å². The van der Waals surface area contributed by atoms with E-state index >= 15 is 0 Å². The largest absolute Gasteiger partial charge is 0.493 e. The summed E-state index contributed by atoms with van der Waals surface area (Å²) in [6, 6.07) is 8.45. The summed E-state index contributed by atoms with van der Waals surface area (Å²) >= 11 is 5.90. The van der Waals surface area contributed by atoms with Crippen LogP contribution >= 0.6 is 11.6 Å². The van der Waals surface area contributed by atoms with Crippen molar-refractivity contribution in [3.05, 3.63) is 47.5 Å². The minimum atomic E-state index is -0.529. The van der Waals surface area contributed by atoms with Crippen molar-refractivity contribution in [1.29, 1.82) is 0 Å². The summed E-state index contributed by atoms with van der Waals surface area (Å²) in [6.07, 6.45) is 3.46. The van der Waals surface area contributed by atoms with Gasteiger partial charge < -0.3 is 19.7 Å². The summed E-state index contributed by atoms with van der Waals surface area (Å²) in [5, 5.41) is 3.78. The highest BCUT2D eigenvalue weighted by Crippen LogP contribution is 2.36. The van der Waals surface area contributed by atoms with Crippen LogP contribution in [0.2, 0.25) is 5.02 Å². The molecule has 0 bridgehead atoms. The fourth-order valence-corrected chi connectivity index (χ4v) is 3.84. The lowest BCUT2D eigenvalue weighted by Crippen LogP contribution is -2.38. The average molecular weight is 431 g/mol. The highest BCUT2D eigenvalue weighted by Gasteiger charge is 2.22. The van der Waals surface area contributed by atoms with Crippen LogP contribution in [0, 0.1) is 5.82 Å². The van der Waals surface area contributed by atoms with Crippen LogP contribution in [0.3, 0.4) is 0 Å². The van der Waals surface area contributed by atoms with Gasteiger partial charge in [-0.25, -0.2) is 14.4 Å². The van der Waals surface area contributed by atoms with Gasteiger partial charge in [-0.1, -0.05) is 24.6 Å². The van der Waals surface area contributed by atoms with E-state index in [2.05, 4.69) is 27.1 Å². The molecule has 158 valence electrons. The van der Waals surface area contributed by atoms with Gasteiger partial charge in [0.15, 0.2) is 17.3 Å². The van der Waals surface area contributed by atoms with Crippen LogP contribution in [0.4, 0.5) is 15.9 Å². The third kappa shape index (κ3) is 4.27. The molecule has 0 amide bonds. The molecular formula is C22H24ClFN4O2. The van der Waals surface area contributed by atoms with Gasteiger partial charge in [0.2, 0.25) is 0 Å². The number of piperidine rings is 1. The first-order valence-electron chi connectivity index (χ1n) is 10.0. The summed E-state index contributed by atoms with van der Waals surface area (Å²) in [4.78, 5) is 11.0. The Bertz CT molecular complexity index is 1040. The van der Waals surface area contributed by atoms with Crippen LogP contribution in [0.15, 0.2) is 36.7 Å². The van der Waals surface area contributed by atoms with Crippen molar-refractivity contribution < 1.29 is 13.9 Å². The molecule has 6 nitrogen and oxygen atoms in total. The molecule has 1 fully saturated rings. The van der Waals surface area contributed by atoms with E-state index in [0.717, 1.165) is 32.5 Å². The van der Waals surface area contributed by atoms with Gasteiger partial charge in [0, 0.05) is 24.5 Å². The summed E-state index contributed by atoms with van der Waals surface area (Å²) in [5.41, 5.74) is 0.910. The number of likely N-dealkylation sites (tertiary alicyclic amines) is 1. The van der Waals surface area contributed by atoms with Gasteiger partial charge in [-0.3, -0.25) is 0 Å². The number of halogens is 2. The highest BCUT2D eigenvalue weighted by atomic mass is 35.5. The molecule has 1 aliphatic rings. The topological polar surface area (TPSA) is 59.5 Å². The number of nitrogens with one attached hydrogen (secondary N) is 1. The predicted molar refractivity (Wildman–Crippen MR) is 117 cm³/mol. The average Bonchev–Trinajstić information content (AvgIpc) is 2.77. The van der Waals surface area contributed by atoms with Crippen LogP contribution in [0.5, 0.6) is 11.5 Å². The van der Waals surface area contributed by atoms with Gasteiger partial charge in [-0.15, -0.1) is 0 Å². The van der Waals surface area contributed by atoms with Crippen molar-refractivity contribution >= 4 is 34.0 Å². The minimum absolute atomic E-state index is 0.0440. The second-order valence-electron chi connectivity index (χ2n) is 7.22. The first-order valence-corrected chi connectivity index (χ1v) is 10.4. The van der Waals surface area contributed by atoms with Crippen molar-refractivity contribution in [3.8, 4) is 11.5 Å². The Balaban J connectivity index is 1.66. The number of aromatic nitrogens is 2. The van der Waals surface area contributed by atoms with Crippen LogP contribution < -0.4 is 14.8 Å². The molecule has 1 N–H and O–H groups in total. The molecule has 0 atom stereocenters. The molecule has 2 heterocycles. The zero-order valence-electron chi connectivity index (χ0n) is 17.0. The fourth-order valence-electron chi connectivity index (χ4n) is 3.67. The zero-order chi connectivity index (χ0) is 21.1. The monoisotopic (exact) mass is 430 g/mol. The molecule has 0 unspecified atom stereocenters. The molecular weight excluding hydrogens is 407 g/mol. The molecule has 2 aromatic carbocycles. The van der Waals surface area contributed by atoms with E-state index in [0.29, 0.717) is 28.2 Å². The number of hydrogen-bond donors (Lipinski definition) is 1.